The van der Waals surface area contributed by atoms with E-state index < -0.39 is 5.60 Å². The maximum absolute atomic E-state index is 10.6. The molecular formula is C15H19NO2. The smallest absolute Gasteiger partial charge is 0.0991 e. The van der Waals surface area contributed by atoms with Crippen LogP contribution in [-0.4, -0.2) is 18.3 Å². The lowest BCUT2D eigenvalue weighted by atomic mass is 9.82. The van der Waals surface area contributed by atoms with Gasteiger partial charge in [-0.3, -0.25) is 0 Å². The van der Waals surface area contributed by atoms with Crippen molar-refractivity contribution < 1.29 is 9.84 Å². The molecule has 0 bridgehead atoms. The van der Waals surface area contributed by atoms with Crippen molar-refractivity contribution in [3.63, 3.8) is 0 Å². The average molecular weight is 245 g/mol. The summed E-state index contributed by atoms with van der Waals surface area (Å²) in [5.41, 5.74) is 0.685. The van der Waals surface area contributed by atoms with Crippen LogP contribution in [0.5, 0.6) is 0 Å². The third-order valence-electron chi connectivity index (χ3n) is 3.66. The molecule has 0 amide bonds. The van der Waals surface area contributed by atoms with Crippen LogP contribution in [0.3, 0.4) is 0 Å². The second-order valence-electron chi connectivity index (χ2n) is 5.22. The van der Waals surface area contributed by atoms with Gasteiger partial charge in [-0.1, -0.05) is 12.1 Å². The number of hydrogen-bond acceptors (Lipinski definition) is 3. The fourth-order valence-electron chi connectivity index (χ4n) is 2.53. The summed E-state index contributed by atoms with van der Waals surface area (Å²) in [6.45, 7) is 3.45. The molecule has 2 rings (SSSR count). The molecule has 1 N–H and O–H groups in total. The SMILES string of the molecule is CC(O)(CC1CCOCC1)c1ccc(C#N)cc1. The molecule has 1 fully saturated rings. The van der Waals surface area contributed by atoms with E-state index in [1.165, 1.54) is 0 Å². The van der Waals surface area contributed by atoms with Crippen LogP contribution >= 0.6 is 0 Å². The van der Waals surface area contributed by atoms with Crippen LogP contribution in [0.4, 0.5) is 0 Å². The molecule has 3 heteroatoms. The number of ether oxygens (including phenoxy) is 1. The number of rotatable bonds is 3. The van der Waals surface area contributed by atoms with E-state index in [2.05, 4.69) is 6.07 Å². The molecule has 0 spiro atoms. The molecule has 18 heavy (non-hydrogen) atoms. The number of nitriles is 1. The van der Waals surface area contributed by atoms with Crippen LogP contribution in [0.15, 0.2) is 24.3 Å². The first-order chi connectivity index (χ1) is 8.62. The minimum absolute atomic E-state index is 0.518. The maximum atomic E-state index is 10.6. The van der Waals surface area contributed by atoms with Gasteiger partial charge in [0.15, 0.2) is 0 Å². The fourth-order valence-corrected chi connectivity index (χ4v) is 2.53. The molecule has 1 aliphatic heterocycles. The zero-order valence-electron chi connectivity index (χ0n) is 10.7. The van der Waals surface area contributed by atoms with E-state index in [4.69, 9.17) is 10.00 Å². The molecule has 96 valence electrons. The summed E-state index contributed by atoms with van der Waals surface area (Å²) in [5, 5.41) is 19.3. The molecule has 0 saturated carbocycles. The Morgan fingerprint density at radius 1 is 1.33 bits per heavy atom. The maximum Gasteiger partial charge on any atom is 0.0991 e. The van der Waals surface area contributed by atoms with E-state index in [0.29, 0.717) is 11.5 Å². The summed E-state index contributed by atoms with van der Waals surface area (Å²) >= 11 is 0. The highest BCUT2D eigenvalue weighted by atomic mass is 16.5. The topological polar surface area (TPSA) is 53.2 Å². The Bertz CT molecular complexity index is 425. The Morgan fingerprint density at radius 3 is 2.50 bits per heavy atom. The second kappa shape index (κ2) is 5.51. The molecule has 1 unspecified atom stereocenters. The zero-order chi connectivity index (χ0) is 13.0. The molecule has 1 atom stereocenters. The van der Waals surface area contributed by atoms with E-state index in [-0.39, 0.29) is 0 Å². The minimum Gasteiger partial charge on any atom is -0.385 e. The van der Waals surface area contributed by atoms with E-state index in [0.717, 1.165) is 38.0 Å². The molecule has 3 nitrogen and oxygen atoms in total. The minimum atomic E-state index is -0.823. The van der Waals surface area contributed by atoms with Crippen molar-refractivity contribution in [2.75, 3.05) is 13.2 Å². The number of benzene rings is 1. The van der Waals surface area contributed by atoms with Crippen molar-refractivity contribution in [3.05, 3.63) is 35.4 Å². The molecule has 0 aliphatic carbocycles. The zero-order valence-corrected chi connectivity index (χ0v) is 10.7. The molecular weight excluding hydrogens is 226 g/mol. The van der Waals surface area contributed by atoms with Gasteiger partial charge in [0.25, 0.3) is 0 Å². The van der Waals surface area contributed by atoms with Gasteiger partial charge in [0, 0.05) is 13.2 Å². The normalized spacial score (nSPS) is 20.1. The highest BCUT2D eigenvalue weighted by molar-refractivity contribution is 5.33. The molecule has 1 heterocycles. The number of hydrogen-bond donors (Lipinski definition) is 1. The lowest BCUT2D eigenvalue weighted by Gasteiger charge is -2.31. The van der Waals surface area contributed by atoms with Crippen molar-refractivity contribution in [2.45, 2.75) is 31.8 Å². The number of aliphatic hydroxyl groups is 1. The van der Waals surface area contributed by atoms with E-state index in [1.54, 1.807) is 12.1 Å². The van der Waals surface area contributed by atoms with Crippen molar-refractivity contribution in [3.8, 4) is 6.07 Å². The van der Waals surface area contributed by atoms with Crippen molar-refractivity contribution >= 4 is 0 Å². The summed E-state index contributed by atoms with van der Waals surface area (Å²) in [6.07, 6.45) is 2.79. The standard InChI is InChI=1S/C15H19NO2/c1-15(17,10-12-6-8-18-9-7-12)14-4-2-13(11-16)3-5-14/h2-5,12,17H,6-10H2,1H3. The van der Waals surface area contributed by atoms with Gasteiger partial charge in [0.1, 0.15) is 0 Å². The van der Waals surface area contributed by atoms with Crippen LogP contribution < -0.4 is 0 Å². The first-order valence-corrected chi connectivity index (χ1v) is 6.42. The van der Waals surface area contributed by atoms with Crippen molar-refractivity contribution in [1.82, 2.24) is 0 Å². The van der Waals surface area contributed by atoms with E-state index >= 15 is 0 Å². The highest BCUT2D eigenvalue weighted by Gasteiger charge is 2.28. The fraction of sp³-hybridized carbons (Fsp3) is 0.533. The van der Waals surface area contributed by atoms with Gasteiger partial charge in [-0.2, -0.15) is 5.26 Å². The van der Waals surface area contributed by atoms with Crippen LogP contribution in [-0.2, 0) is 10.3 Å². The largest absolute Gasteiger partial charge is 0.385 e. The van der Waals surface area contributed by atoms with E-state index in [9.17, 15) is 5.11 Å². The van der Waals surface area contributed by atoms with Gasteiger partial charge in [-0.25, -0.2) is 0 Å². The molecule has 1 aromatic carbocycles. The molecule has 0 radical (unpaired) electrons. The average Bonchev–Trinajstić information content (AvgIpc) is 2.39. The van der Waals surface area contributed by atoms with Crippen LogP contribution in [0.1, 0.15) is 37.3 Å². The Kier molecular flexibility index (Phi) is 4.00. The number of nitrogens with zero attached hydrogens (tertiary/aromatic N) is 1. The molecule has 1 saturated heterocycles. The van der Waals surface area contributed by atoms with E-state index in [1.807, 2.05) is 19.1 Å². The van der Waals surface area contributed by atoms with Crippen LogP contribution in [0.2, 0.25) is 0 Å². The Hall–Kier alpha value is -1.37. The van der Waals surface area contributed by atoms with Gasteiger partial charge in [0.05, 0.1) is 17.2 Å². The summed E-state index contributed by atoms with van der Waals surface area (Å²) in [4.78, 5) is 0. The predicted octanol–water partition coefficient (Wildman–Crippen LogP) is 2.58. The molecule has 1 aliphatic rings. The van der Waals surface area contributed by atoms with Gasteiger partial charge in [-0.05, 0) is 49.8 Å². The van der Waals surface area contributed by atoms with Gasteiger partial charge in [0.2, 0.25) is 0 Å². The molecule has 1 aromatic rings. The van der Waals surface area contributed by atoms with Gasteiger partial charge < -0.3 is 9.84 Å². The van der Waals surface area contributed by atoms with Crippen LogP contribution in [0.25, 0.3) is 0 Å². The summed E-state index contributed by atoms with van der Waals surface area (Å²) in [6, 6.07) is 9.29. The highest BCUT2D eigenvalue weighted by Crippen LogP contribution is 2.32. The Labute approximate surface area is 108 Å². The first-order valence-electron chi connectivity index (χ1n) is 6.42. The third-order valence-corrected chi connectivity index (χ3v) is 3.66. The summed E-state index contributed by atoms with van der Waals surface area (Å²) < 4.78 is 5.33. The summed E-state index contributed by atoms with van der Waals surface area (Å²) in [7, 11) is 0. The lowest BCUT2D eigenvalue weighted by Crippen LogP contribution is -2.28. The van der Waals surface area contributed by atoms with Crippen LogP contribution in [0, 0.1) is 17.2 Å². The lowest BCUT2D eigenvalue weighted by molar-refractivity contribution is -0.00304. The summed E-state index contributed by atoms with van der Waals surface area (Å²) in [5.74, 6) is 0.518. The predicted molar refractivity (Wildman–Crippen MR) is 68.9 cm³/mol. The van der Waals surface area contributed by atoms with Crippen molar-refractivity contribution in [1.29, 1.82) is 5.26 Å². The molecule has 0 aromatic heterocycles. The first kappa shape index (κ1) is 13.1. The van der Waals surface area contributed by atoms with Crippen molar-refractivity contribution in [2.24, 2.45) is 5.92 Å². The Morgan fingerprint density at radius 2 is 1.94 bits per heavy atom. The van der Waals surface area contributed by atoms with Gasteiger partial charge in [-0.15, -0.1) is 0 Å². The second-order valence-corrected chi connectivity index (χ2v) is 5.22. The van der Waals surface area contributed by atoms with Gasteiger partial charge >= 0.3 is 0 Å². The quantitative estimate of drug-likeness (QED) is 0.890. The Balaban J connectivity index is 2.06. The monoisotopic (exact) mass is 245 g/mol. The third kappa shape index (κ3) is 3.10.